The van der Waals surface area contributed by atoms with Gasteiger partial charge in [0.25, 0.3) is 0 Å². The molecule has 2 aliphatic rings. The van der Waals surface area contributed by atoms with Crippen LogP contribution in [0.25, 0.3) is 11.1 Å². The number of hydrogen-bond acceptors (Lipinski definition) is 4. The van der Waals surface area contributed by atoms with Crippen LogP contribution in [0.4, 0.5) is 4.79 Å². The first-order valence-corrected chi connectivity index (χ1v) is 12.7. The number of fused-ring (bicyclic) bond motifs is 3. The van der Waals surface area contributed by atoms with E-state index in [-0.39, 0.29) is 36.8 Å². The maximum Gasteiger partial charge on any atom is 0.407 e. The smallest absolute Gasteiger partial charge is 0.407 e. The quantitative estimate of drug-likeness (QED) is 0.424. The number of hydrogen-bond donors (Lipinski definition) is 3. The summed E-state index contributed by atoms with van der Waals surface area (Å²) in [6, 6.07) is 16.2. The minimum absolute atomic E-state index is 0.000251. The standard InChI is InChI=1S/C28H34N2O5/c31-26(32)16-2-1-9-17-29-27(33)23-14-7-8-15-25(23)30-28(34)35-18-24-21-12-5-3-10-19(21)20-11-4-6-13-22(20)24/h3-6,10-13,23-25H,1-2,7-9,14-18H2,(H,29,33)(H,30,34)(H,31,32)/t23-,25+/m1/s1. The van der Waals surface area contributed by atoms with Gasteiger partial charge in [-0.15, -0.1) is 0 Å². The molecule has 0 bridgehead atoms. The maximum absolute atomic E-state index is 12.8. The molecular weight excluding hydrogens is 444 g/mol. The van der Waals surface area contributed by atoms with E-state index >= 15 is 0 Å². The summed E-state index contributed by atoms with van der Waals surface area (Å²) in [5.74, 6) is -1.12. The molecule has 0 aliphatic heterocycles. The van der Waals surface area contributed by atoms with Crippen molar-refractivity contribution in [1.29, 1.82) is 0 Å². The van der Waals surface area contributed by atoms with Crippen molar-refractivity contribution in [1.82, 2.24) is 10.6 Å². The van der Waals surface area contributed by atoms with Gasteiger partial charge in [-0.2, -0.15) is 0 Å². The summed E-state index contributed by atoms with van der Waals surface area (Å²) in [6.45, 7) is 0.770. The lowest BCUT2D eigenvalue weighted by Crippen LogP contribution is -2.48. The number of rotatable bonds is 10. The Morgan fingerprint density at radius 3 is 2.23 bits per heavy atom. The van der Waals surface area contributed by atoms with Crippen molar-refractivity contribution in [3.63, 3.8) is 0 Å². The molecule has 0 unspecified atom stereocenters. The first-order chi connectivity index (χ1) is 17.0. The van der Waals surface area contributed by atoms with Crippen molar-refractivity contribution in [2.75, 3.05) is 13.2 Å². The zero-order chi connectivity index (χ0) is 24.6. The van der Waals surface area contributed by atoms with Gasteiger partial charge in [0, 0.05) is 24.9 Å². The molecule has 186 valence electrons. The lowest BCUT2D eigenvalue weighted by molar-refractivity contribution is -0.137. The second kappa shape index (κ2) is 11.9. The van der Waals surface area contributed by atoms with Crippen molar-refractivity contribution in [2.24, 2.45) is 5.92 Å². The molecule has 2 aliphatic carbocycles. The number of amides is 2. The Kier molecular flexibility index (Phi) is 8.40. The van der Waals surface area contributed by atoms with E-state index < -0.39 is 12.1 Å². The fourth-order valence-corrected chi connectivity index (χ4v) is 5.33. The molecule has 0 aromatic heterocycles. The van der Waals surface area contributed by atoms with E-state index in [1.807, 2.05) is 24.3 Å². The molecule has 2 aromatic carbocycles. The summed E-state index contributed by atoms with van der Waals surface area (Å²) in [5, 5.41) is 14.6. The second-order valence-electron chi connectivity index (χ2n) is 9.46. The van der Waals surface area contributed by atoms with Gasteiger partial charge in [0.1, 0.15) is 6.61 Å². The van der Waals surface area contributed by atoms with Gasteiger partial charge in [0.05, 0.1) is 5.92 Å². The van der Waals surface area contributed by atoms with Gasteiger partial charge in [-0.3, -0.25) is 9.59 Å². The molecule has 2 amide bonds. The number of alkyl carbamates (subject to hydrolysis) is 1. The van der Waals surface area contributed by atoms with Crippen molar-refractivity contribution in [3.05, 3.63) is 59.7 Å². The first-order valence-electron chi connectivity index (χ1n) is 12.7. The molecule has 0 heterocycles. The highest BCUT2D eigenvalue weighted by molar-refractivity contribution is 5.81. The fourth-order valence-electron chi connectivity index (χ4n) is 5.33. The number of ether oxygens (including phenoxy) is 1. The molecular formula is C28H34N2O5. The minimum atomic E-state index is -0.793. The van der Waals surface area contributed by atoms with Crippen LogP contribution in [0.2, 0.25) is 0 Å². The molecule has 1 saturated carbocycles. The predicted octanol–water partition coefficient (Wildman–Crippen LogP) is 4.85. The van der Waals surface area contributed by atoms with Crippen LogP contribution >= 0.6 is 0 Å². The molecule has 35 heavy (non-hydrogen) atoms. The molecule has 7 nitrogen and oxygen atoms in total. The van der Waals surface area contributed by atoms with Crippen LogP contribution in [0.5, 0.6) is 0 Å². The van der Waals surface area contributed by atoms with Crippen LogP contribution in [-0.2, 0) is 14.3 Å². The van der Waals surface area contributed by atoms with Crippen molar-refractivity contribution in [2.45, 2.75) is 63.3 Å². The Bertz CT molecular complexity index is 1010. The van der Waals surface area contributed by atoms with Gasteiger partial charge in [0.2, 0.25) is 5.91 Å². The minimum Gasteiger partial charge on any atom is -0.481 e. The molecule has 2 aromatic rings. The molecule has 2 atom stereocenters. The number of carboxylic acids is 1. The molecule has 1 fully saturated rings. The highest BCUT2D eigenvalue weighted by Crippen LogP contribution is 2.44. The zero-order valence-corrected chi connectivity index (χ0v) is 20.0. The Hall–Kier alpha value is -3.35. The lowest BCUT2D eigenvalue weighted by atomic mass is 9.84. The molecule has 0 saturated heterocycles. The number of aliphatic carboxylic acids is 1. The van der Waals surface area contributed by atoms with Crippen molar-refractivity contribution in [3.8, 4) is 11.1 Å². The SMILES string of the molecule is O=C(O)CCCCCNC(=O)[C@@H]1CCCC[C@@H]1NC(=O)OCC1c2ccccc2-c2ccccc21. The summed E-state index contributed by atoms with van der Waals surface area (Å²) in [5.41, 5.74) is 4.70. The molecule has 0 spiro atoms. The molecule has 4 rings (SSSR count). The molecule has 7 heteroatoms. The average Bonchev–Trinajstić information content (AvgIpc) is 3.18. The number of nitrogens with one attached hydrogen (secondary N) is 2. The third-order valence-corrected chi connectivity index (χ3v) is 7.12. The molecule has 0 radical (unpaired) electrons. The highest BCUT2D eigenvalue weighted by atomic mass is 16.5. The number of carbonyl (C=O) groups is 3. The number of unbranched alkanes of at least 4 members (excludes halogenated alkanes) is 2. The normalized spacial score (nSPS) is 18.9. The Labute approximate surface area is 206 Å². The van der Waals surface area contributed by atoms with Crippen LogP contribution in [0.15, 0.2) is 48.5 Å². The van der Waals surface area contributed by atoms with E-state index in [0.717, 1.165) is 38.5 Å². The summed E-state index contributed by atoms with van der Waals surface area (Å²) in [7, 11) is 0. The van der Waals surface area contributed by atoms with Gasteiger partial charge < -0.3 is 20.5 Å². The Morgan fingerprint density at radius 2 is 1.54 bits per heavy atom. The summed E-state index contributed by atoms with van der Waals surface area (Å²) >= 11 is 0. The number of carbonyl (C=O) groups excluding carboxylic acids is 2. The molecule has 3 N–H and O–H groups in total. The first kappa shape index (κ1) is 24.8. The van der Waals surface area contributed by atoms with Gasteiger partial charge >= 0.3 is 12.1 Å². The second-order valence-corrected chi connectivity index (χ2v) is 9.46. The fraction of sp³-hybridized carbons (Fsp3) is 0.464. The average molecular weight is 479 g/mol. The number of carboxylic acid groups (broad SMARTS) is 1. The van der Waals surface area contributed by atoms with E-state index in [2.05, 4.69) is 34.9 Å². The van der Waals surface area contributed by atoms with Gasteiger partial charge in [0.15, 0.2) is 0 Å². The van der Waals surface area contributed by atoms with Gasteiger partial charge in [-0.1, -0.05) is 67.8 Å². The van der Waals surface area contributed by atoms with E-state index in [1.54, 1.807) is 0 Å². The zero-order valence-electron chi connectivity index (χ0n) is 20.0. The van der Waals surface area contributed by atoms with Crippen LogP contribution in [0.3, 0.4) is 0 Å². The third kappa shape index (κ3) is 6.21. The van der Waals surface area contributed by atoms with Gasteiger partial charge in [-0.05, 0) is 47.9 Å². The largest absolute Gasteiger partial charge is 0.481 e. The van der Waals surface area contributed by atoms with Crippen LogP contribution in [0, 0.1) is 5.92 Å². The van der Waals surface area contributed by atoms with Crippen molar-refractivity contribution < 1.29 is 24.2 Å². The maximum atomic E-state index is 12.8. The van der Waals surface area contributed by atoms with E-state index in [4.69, 9.17) is 9.84 Å². The lowest BCUT2D eigenvalue weighted by Gasteiger charge is -2.31. The van der Waals surface area contributed by atoms with Crippen LogP contribution < -0.4 is 10.6 Å². The Balaban J connectivity index is 1.28. The third-order valence-electron chi connectivity index (χ3n) is 7.12. The van der Waals surface area contributed by atoms with Crippen LogP contribution in [0.1, 0.15) is 68.4 Å². The van der Waals surface area contributed by atoms with E-state index in [1.165, 1.54) is 22.3 Å². The topological polar surface area (TPSA) is 105 Å². The summed E-state index contributed by atoms with van der Waals surface area (Å²) in [6.07, 6.45) is 5.20. The number of benzene rings is 2. The Morgan fingerprint density at radius 1 is 0.886 bits per heavy atom. The highest BCUT2D eigenvalue weighted by Gasteiger charge is 2.33. The monoisotopic (exact) mass is 478 g/mol. The van der Waals surface area contributed by atoms with Gasteiger partial charge in [-0.25, -0.2) is 4.79 Å². The van der Waals surface area contributed by atoms with Crippen molar-refractivity contribution >= 4 is 18.0 Å². The van der Waals surface area contributed by atoms with E-state index in [9.17, 15) is 14.4 Å². The van der Waals surface area contributed by atoms with Crippen LogP contribution in [-0.4, -0.2) is 42.3 Å². The van der Waals surface area contributed by atoms with E-state index in [0.29, 0.717) is 13.0 Å². The summed E-state index contributed by atoms with van der Waals surface area (Å²) < 4.78 is 5.69. The predicted molar refractivity (Wildman–Crippen MR) is 133 cm³/mol. The summed E-state index contributed by atoms with van der Waals surface area (Å²) in [4.78, 5) is 36.1.